The quantitative estimate of drug-likeness (QED) is 0.205. The Morgan fingerprint density at radius 3 is 2.55 bits per heavy atom. The maximum absolute atomic E-state index is 14.5. The summed E-state index contributed by atoms with van der Waals surface area (Å²) in [5.41, 5.74) is 3.49. The van der Waals surface area contributed by atoms with Gasteiger partial charge in [-0.2, -0.15) is 4.39 Å². The van der Waals surface area contributed by atoms with E-state index in [1.165, 1.54) is 12.1 Å². The molecule has 1 N–H and O–H groups in total. The number of likely N-dealkylation sites (tertiary alicyclic amines) is 1. The van der Waals surface area contributed by atoms with Crippen LogP contribution in [0.4, 0.5) is 19.3 Å². The number of nitrogens with zero attached hydrogens (tertiary/aromatic N) is 4. The number of benzene rings is 2. The fourth-order valence-corrected chi connectivity index (χ4v) is 5.26. The van der Waals surface area contributed by atoms with Gasteiger partial charge in [0.25, 0.3) is 0 Å². The van der Waals surface area contributed by atoms with Gasteiger partial charge in [0.15, 0.2) is 23.0 Å². The van der Waals surface area contributed by atoms with Crippen LogP contribution < -0.4 is 10.1 Å². The Kier molecular flexibility index (Phi) is 7.73. The van der Waals surface area contributed by atoms with Gasteiger partial charge in [-0.25, -0.2) is 18.7 Å². The van der Waals surface area contributed by atoms with Crippen molar-refractivity contribution in [2.75, 3.05) is 25.0 Å². The molecule has 44 heavy (non-hydrogen) atoms. The lowest BCUT2D eigenvalue weighted by molar-refractivity contribution is 0.000836. The fourth-order valence-electron chi connectivity index (χ4n) is 5.26. The number of hydrogen-bond donors (Lipinski definition) is 1. The summed E-state index contributed by atoms with van der Waals surface area (Å²) in [6.45, 7) is 8.99. The highest BCUT2D eigenvalue weighted by Crippen LogP contribution is 2.35. The molecular weight excluding hydrogens is 568 g/mol. The number of hydrogen-bond acceptors (Lipinski definition) is 7. The SMILES string of the molecule is Cc1cc(-c2cnc3c(NCC4CN(C(=O)OC(C)(C)C)C4)cc(Oc4cccc(F)c4F)nn23)ccc1C(=O)CC1CC1. The van der Waals surface area contributed by atoms with E-state index >= 15 is 0 Å². The van der Waals surface area contributed by atoms with Gasteiger partial charge < -0.3 is 19.7 Å². The number of Topliss-reactive ketones (excluding diaryl/α,β-unsaturated/α-hetero) is 1. The number of carbonyl (C=O) groups excluding carboxylic acids is 2. The van der Waals surface area contributed by atoms with Crippen LogP contribution in [0.15, 0.2) is 48.7 Å². The van der Waals surface area contributed by atoms with Crippen LogP contribution in [0.5, 0.6) is 11.6 Å². The summed E-state index contributed by atoms with van der Waals surface area (Å²) in [4.78, 5) is 31.4. The minimum Gasteiger partial charge on any atom is -0.444 e. The van der Waals surface area contributed by atoms with Gasteiger partial charge in [0, 0.05) is 49.2 Å². The molecule has 2 aromatic heterocycles. The number of fused-ring (bicyclic) bond motifs is 1. The third-order valence-corrected chi connectivity index (χ3v) is 7.76. The molecule has 0 bridgehead atoms. The van der Waals surface area contributed by atoms with E-state index in [0.717, 1.165) is 30.0 Å². The van der Waals surface area contributed by atoms with Gasteiger partial charge in [0.05, 0.1) is 17.6 Å². The number of amides is 1. The smallest absolute Gasteiger partial charge is 0.410 e. The third-order valence-electron chi connectivity index (χ3n) is 7.76. The maximum Gasteiger partial charge on any atom is 0.410 e. The van der Waals surface area contributed by atoms with Crippen LogP contribution in [0.1, 0.15) is 56.0 Å². The normalized spacial score (nSPS) is 15.3. The van der Waals surface area contributed by atoms with Gasteiger partial charge in [-0.05, 0) is 70.2 Å². The van der Waals surface area contributed by atoms with E-state index < -0.39 is 17.2 Å². The number of halogens is 2. The van der Waals surface area contributed by atoms with Crippen molar-refractivity contribution < 1.29 is 27.8 Å². The third kappa shape index (κ3) is 6.36. The fraction of sp³-hybridized carbons (Fsp3) is 0.394. The molecular formula is C33H35F2N5O4. The second-order valence-corrected chi connectivity index (χ2v) is 12.7. The summed E-state index contributed by atoms with van der Waals surface area (Å²) >= 11 is 0. The summed E-state index contributed by atoms with van der Waals surface area (Å²) in [5.74, 6) is -1.61. The molecule has 1 aliphatic heterocycles. The predicted octanol–water partition coefficient (Wildman–Crippen LogP) is 7.04. The van der Waals surface area contributed by atoms with Crippen LogP contribution in [0, 0.1) is 30.4 Å². The Morgan fingerprint density at radius 2 is 1.84 bits per heavy atom. The van der Waals surface area contributed by atoms with Crippen LogP contribution >= 0.6 is 0 Å². The van der Waals surface area contributed by atoms with Crippen molar-refractivity contribution in [1.82, 2.24) is 19.5 Å². The lowest BCUT2D eigenvalue weighted by Crippen LogP contribution is -2.53. The molecule has 6 rings (SSSR count). The zero-order valence-electron chi connectivity index (χ0n) is 25.2. The van der Waals surface area contributed by atoms with Gasteiger partial charge in [-0.3, -0.25) is 4.79 Å². The molecule has 1 amide bonds. The van der Waals surface area contributed by atoms with E-state index in [1.54, 1.807) is 21.7 Å². The molecule has 0 spiro atoms. The Hall–Kier alpha value is -4.54. The molecule has 230 valence electrons. The van der Waals surface area contributed by atoms with Gasteiger partial charge in [-0.1, -0.05) is 18.2 Å². The number of imidazole rings is 1. The highest BCUT2D eigenvalue weighted by Gasteiger charge is 2.33. The molecule has 2 aromatic carbocycles. The molecule has 1 saturated heterocycles. The molecule has 2 fully saturated rings. The minimum atomic E-state index is -1.12. The predicted molar refractivity (Wildman–Crippen MR) is 161 cm³/mol. The van der Waals surface area contributed by atoms with Crippen LogP contribution in [0.25, 0.3) is 16.9 Å². The summed E-state index contributed by atoms with van der Waals surface area (Å²) in [5, 5.41) is 7.95. The second-order valence-electron chi connectivity index (χ2n) is 12.7. The number of nitrogens with one attached hydrogen (secondary N) is 1. The molecule has 0 atom stereocenters. The van der Waals surface area contributed by atoms with Crippen molar-refractivity contribution in [3.8, 4) is 22.9 Å². The van der Waals surface area contributed by atoms with Crippen LogP contribution in [0.2, 0.25) is 0 Å². The summed E-state index contributed by atoms with van der Waals surface area (Å²) in [7, 11) is 0. The summed E-state index contributed by atoms with van der Waals surface area (Å²) in [6, 6.07) is 10.9. The zero-order chi connectivity index (χ0) is 31.2. The Morgan fingerprint density at radius 1 is 1.07 bits per heavy atom. The summed E-state index contributed by atoms with van der Waals surface area (Å²) < 4.78 is 41.2. The van der Waals surface area contributed by atoms with Gasteiger partial charge in [0.1, 0.15) is 5.60 Å². The Labute approximate surface area is 254 Å². The van der Waals surface area contributed by atoms with E-state index in [-0.39, 0.29) is 29.4 Å². The number of ketones is 1. The van der Waals surface area contributed by atoms with Gasteiger partial charge in [-0.15, -0.1) is 5.10 Å². The van der Waals surface area contributed by atoms with E-state index in [0.29, 0.717) is 54.6 Å². The lowest BCUT2D eigenvalue weighted by atomic mass is 9.98. The number of anilines is 1. The average Bonchev–Trinajstić information content (AvgIpc) is 3.64. The zero-order valence-corrected chi connectivity index (χ0v) is 25.2. The van der Waals surface area contributed by atoms with Gasteiger partial charge in [0.2, 0.25) is 11.7 Å². The van der Waals surface area contributed by atoms with Crippen molar-refractivity contribution in [3.05, 3.63) is 71.4 Å². The monoisotopic (exact) mass is 603 g/mol. The van der Waals surface area contributed by atoms with E-state index in [2.05, 4.69) is 15.4 Å². The molecule has 4 aromatic rings. The lowest BCUT2D eigenvalue weighted by Gasteiger charge is -2.39. The highest BCUT2D eigenvalue weighted by atomic mass is 19.2. The molecule has 3 heterocycles. The number of rotatable bonds is 9. The van der Waals surface area contributed by atoms with Crippen molar-refractivity contribution >= 4 is 23.2 Å². The first-order valence-electron chi connectivity index (χ1n) is 14.8. The standard InChI is InChI=1S/C33H35F2N5O4/c1-19-12-22(10-11-23(19)27(41)13-20-8-9-20)26-16-37-31-25(36-15-21-17-39(18-21)32(42)44-33(2,3)4)14-29(38-40(26)31)43-28-7-5-6-24(34)30(28)35/h5-7,10-12,14,16,20-21,36H,8-9,13,15,17-18H2,1-4H3. The minimum absolute atomic E-state index is 0.0284. The van der Waals surface area contributed by atoms with Crippen LogP contribution in [-0.2, 0) is 4.74 Å². The molecule has 1 saturated carbocycles. The van der Waals surface area contributed by atoms with Crippen molar-refractivity contribution in [2.45, 2.75) is 52.6 Å². The number of ether oxygens (including phenoxy) is 2. The van der Waals surface area contributed by atoms with Crippen LogP contribution in [0.3, 0.4) is 0 Å². The Balaban J connectivity index is 1.27. The first-order chi connectivity index (χ1) is 20.9. The van der Waals surface area contributed by atoms with E-state index in [9.17, 15) is 18.4 Å². The first-order valence-corrected chi connectivity index (χ1v) is 14.8. The summed E-state index contributed by atoms with van der Waals surface area (Å²) in [6.07, 6.45) is 4.12. The molecule has 0 radical (unpaired) electrons. The number of aromatic nitrogens is 3. The maximum atomic E-state index is 14.5. The molecule has 11 heteroatoms. The van der Waals surface area contributed by atoms with Crippen molar-refractivity contribution in [3.63, 3.8) is 0 Å². The van der Waals surface area contributed by atoms with E-state index in [4.69, 9.17) is 9.47 Å². The topological polar surface area (TPSA) is 98.1 Å². The largest absolute Gasteiger partial charge is 0.444 e. The molecule has 2 aliphatic rings. The first kappa shape index (κ1) is 29.5. The number of carbonyl (C=O) groups is 2. The van der Waals surface area contributed by atoms with E-state index in [1.807, 2.05) is 45.9 Å². The highest BCUT2D eigenvalue weighted by molar-refractivity contribution is 5.98. The van der Waals surface area contributed by atoms with Crippen molar-refractivity contribution in [1.29, 1.82) is 0 Å². The number of aryl methyl sites for hydroxylation is 1. The molecule has 9 nitrogen and oxygen atoms in total. The van der Waals surface area contributed by atoms with Gasteiger partial charge >= 0.3 is 6.09 Å². The second kappa shape index (κ2) is 11.5. The Bertz CT molecular complexity index is 1740. The molecule has 0 unspecified atom stereocenters. The van der Waals surface area contributed by atoms with Crippen molar-refractivity contribution in [2.24, 2.45) is 11.8 Å². The molecule has 1 aliphatic carbocycles. The average molecular weight is 604 g/mol. The van der Waals surface area contributed by atoms with Crippen LogP contribution in [-0.4, -0.2) is 56.6 Å².